The van der Waals surface area contributed by atoms with Crippen molar-refractivity contribution in [2.45, 2.75) is 32.7 Å². The Kier molecular flexibility index (Phi) is 4.02. The second-order valence-electron chi connectivity index (χ2n) is 3.85. The first kappa shape index (κ1) is 10.0. The minimum Gasteiger partial charge on any atom is -0.384 e. The van der Waals surface area contributed by atoms with Crippen molar-refractivity contribution in [2.24, 2.45) is 11.8 Å². The van der Waals surface area contributed by atoms with E-state index in [1.807, 2.05) is 0 Å². The lowest BCUT2D eigenvalue weighted by atomic mass is 9.87. The van der Waals surface area contributed by atoms with E-state index in [4.69, 9.17) is 4.74 Å². The van der Waals surface area contributed by atoms with Crippen LogP contribution in [0.5, 0.6) is 0 Å². The van der Waals surface area contributed by atoms with Gasteiger partial charge in [0, 0.05) is 19.8 Å². The van der Waals surface area contributed by atoms with Crippen molar-refractivity contribution in [3.63, 3.8) is 0 Å². The van der Waals surface area contributed by atoms with Crippen molar-refractivity contribution in [3.05, 3.63) is 0 Å². The van der Waals surface area contributed by atoms with Gasteiger partial charge in [0.05, 0.1) is 0 Å². The molecule has 3 unspecified atom stereocenters. The van der Waals surface area contributed by atoms with Crippen molar-refractivity contribution in [3.8, 4) is 0 Å². The normalized spacial score (nSPS) is 32.2. The van der Waals surface area contributed by atoms with Crippen molar-refractivity contribution in [1.82, 2.24) is 5.32 Å². The van der Waals surface area contributed by atoms with Crippen LogP contribution in [0.1, 0.15) is 26.7 Å². The smallest absolute Gasteiger partial charge is 0.0491 e. The number of hydrogen-bond acceptors (Lipinski definition) is 2. The summed E-state index contributed by atoms with van der Waals surface area (Å²) in [4.78, 5) is 0. The van der Waals surface area contributed by atoms with E-state index >= 15 is 0 Å². The Morgan fingerprint density at radius 3 is 2.92 bits per heavy atom. The first-order chi connectivity index (χ1) is 5.79. The third-order valence-electron chi connectivity index (χ3n) is 3.00. The van der Waals surface area contributed by atoms with Gasteiger partial charge in [-0.25, -0.2) is 0 Å². The highest BCUT2D eigenvalue weighted by atomic mass is 16.5. The quantitative estimate of drug-likeness (QED) is 0.694. The monoisotopic (exact) mass is 171 g/mol. The third kappa shape index (κ3) is 2.20. The maximum atomic E-state index is 5.18. The van der Waals surface area contributed by atoms with E-state index in [1.165, 1.54) is 19.4 Å². The van der Waals surface area contributed by atoms with Gasteiger partial charge in [-0.3, -0.25) is 0 Å². The van der Waals surface area contributed by atoms with Crippen LogP contribution >= 0.6 is 0 Å². The molecule has 0 saturated carbocycles. The van der Waals surface area contributed by atoms with Crippen LogP contribution in [0.2, 0.25) is 0 Å². The summed E-state index contributed by atoms with van der Waals surface area (Å²) >= 11 is 0. The Hall–Kier alpha value is -0.0800. The molecule has 1 aliphatic rings. The number of methoxy groups -OCH3 is 1. The van der Waals surface area contributed by atoms with E-state index in [0.717, 1.165) is 18.6 Å². The second-order valence-corrected chi connectivity index (χ2v) is 3.85. The molecule has 0 bridgehead atoms. The Bertz CT molecular complexity index is 127. The minimum atomic E-state index is 0.704. The SMILES string of the molecule is CCC1NCCC1C(C)COC. The predicted octanol–water partition coefficient (Wildman–Crippen LogP) is 1.66. The Labute approximate surface area is 75.7 Å². The molecule has 1 saturated heterocycles. The molecule has 0 aromatic carbocycles. The molecule has 0 aromatic rings. The lowest BCUT2D eigenvalue weighted by Crippen LogP contribution is -2.30. The number of rotatable bonds is 4. The molecular weight excluding hydrogens is 150 g/mol. The molecule has 0 amide bonds. The Morgan fingerprint density at radius 1 is 1.58 bits per heavy atom. The van der Waals surface area contributed by atoms with E-state index in [-0.39, 0.29) is 0 Å². The van der Waals surface area contributed by atoms with Crippen molar-refractivity contribution < 1.29 is 4.74 Å². The van der Waals surface area contributed by atoms with Crippen LogP contribution in [-0.2, 0) is 4.74 Å². The lowest BCUT2D eigenvalue weighted by molar-refractivity contribution is 0.124. The zero-order chi connectivity index (χ0) is 8.97. The average Bonchev–Trinajstić information content (AvgIpc) is 2.51. The van der Waals surface area contributed by atoms with Gasteiger partial charge < -0.3 is 10.1 Å². The average molecular weight is 171 g/mol. The summed E-state index contributed by atoms with van der Waals surface area (Å²) in [5.74, 6) is 1.53. The second kappa shape index (κ2) is 4.83. The maximum Gasteiger partial charge on any atom is 0.0491 e. The molecule has 0 radical (unpaired) electrons. The molecule has 1 rings (SSSR count). The molecule has 2 heteroatoms. The van der Waals surface area contributed by atoms with Gasteiger partial charge in [-0.2, -0.15) is 0 Å². The molecule has 0 aromatic heterocycles. The molecule has 3 atom stereocenters. The zero-order valence-corrected chi connectivity index (χ0v) is 8.47. The van der Waals surface area contributed by atoms with E-state index in [1.54, 1.807) is 7.11 Å². The summed E-state index contributed by atoms with van der Waals surface area (Å²) in [6.45, 7) is 6.65. The Morgan fingerprint density at radius 2 is 2.33 bits per heavy atom. The molecule has 1 aliphatic heterocycles. The summed E-state index contributed by atoms with van der Waals surface area (Å²) in [6.07, 6.45) is 2.57. The molecular formula is C10H21NO. The summed E-state index contributed by atoms with van der Waals surface area (Å²) in [6, 6.07) is 0.732. The van der Waals surface area contributed by atoms with Crippen LogP contribution < -0.4 is 5.32 Å². The van der Waals surface area contributed by atoms with Crippen LogP contribution in [0.15, 0.2) is 0 Å². The van der Waals surface area contributed by atoms with Crippen LogP contribution in [0.4, 0.5) is 0 Å². The zero-order valence-electron chi connectivity index (χ0n) is 8.47. The number of ether oxygens (including phenoxy) is 1. The van der Waals surface area contributed by atoms with Gasteiger partial charge in [0.15, 0.2) is 0 Å². The largest absolute Gasteiger partial charge is 0.384 e. The van der Waals surface area contributed by atoms with E-state index < -0.39 is 0 Å². The molecule has 1 N–H and O–H groups in total. The number of hydrogen-bond donors (Lipinski definition) is 1. The van der Waals surface area contributed by atoms with E-state index in [9.17, 15) is 0 Å². The summed E-state index contributed by atoms with van der Waals surface area (Å²) in [5.41, 5.74) is 0. The van der Waals surface area contributed by atoms with E-state index in [0.29, 0.717) is 5.92 Å². The molecule has 12 heavy (non-hydrogen) atoms. The summed E-state index contributed by atoms with van der Waals surface area (Å²) < 4.78 is 5.18. The molecule has 1 heterocycles. The van der Waals surface area contributed by atoms with Crippen molar-refractivity contribution in [1.29, 1.82) is 0 Å². The predicted molar refractivity (Wildman–Crippen MR) is 51.2 cm³/mol. The fourth-order valence-electron chi connectivity index (χ4n) is 2.30. The fraction of sp³-hybridized carbons (Fsp3) is 1.00. The highest BCUT2D eigenvalue weighted by Crippen LogP contribution is 2.26. The third-order valence-corrected chi connectivity index (χ3v) is 3.00. The molecule has 1 fully saturated rings. The van der Waals surface area contributed by atoms with Crippen LogP contribution in [0.25, 0.3) is 0 Å². The summed E-state index contributed by atoms with van der Waals surface area (Å²) in [7, 11) is 1.79. The van der Waals surface area contributed by atoms with Gasteiger partial charge in [-0.05, 0) is 31.2 Å². The van der Waals surface area contributed by atoms with Crippen LogP contribution in [0, 0.1) is 11.8 Å². The standard InChI is InChI=1S/C10H21NO/c1-4-10-9(5-6-11-10)8(2)7-12-3/h8-11H,4-7H2,1-3H3. The first-order valence-electron chi connectivity index (χ1n) is 5.02. The maximum absolute atomic E-state index is 5.18. The molecule has 2 nitrogen and oxygen atoms in total. The highest BCUT2D eigenvalue weighted by molar-refractivity contribution is 4.85. The van der Waals surface area contributed by atoms with Gasteiger partial charge in [-0.15, -0.1) is 0 Å². The van der Waals surface area contributed by atoms with Crippen molar-refractivity contribution in [2.75, 3.05) is 20.3 Å². The molecule has 72 valence electrons. The number of nitrogens with one attached hydrogen (secondary N) is 1. The van der Waals surface area contributed by atoms with E-state index in [2.05, 4.69) is 19.2 Å². The van der Waals surface area contributed by atoms with Crippen LogP contribution in [-0.4, -0.2) is 26.3 Å². The van der Waals surface area contributed by atoms with Gasteiger partial charge >= 0.3 is 0 Å². The lowest BCUT2D eigenvalue weighted by Gasteiger charge is -2.23. The van der Waals surface area contributed by atoms with Crippen LogP contribution in [0.3, 0.4) is 0 Å². The molecule has 0 spiro atoms. The van der Waals surface area contributed by atoms with Crippen molar-refractivity contribution >= 4 is 0 Å². The van der Waals surface area contributed by atoms with Gasteiger partial charge in [0.25, 0.3) is 0 Å². The summed E-state index contributed by atoms with van der Waals surface area (Å²) in [5, 5.41) is 3.54. The Balaban J connectivity index is 2.38. The molecule has 0 aliphatic carbocycles. The first-order valence-corrected chi connectivity index (χ1v) is 5.02. The highest BCUT2D eigenvalue weighted by Gasteiger charge is 2.29. The topological polar surface area (TPSA) is 21.3 Å². The van der Waals surface area contributed by atoms with Gasteiger partial charge in [0.2, 0.25) is 0 Å². The fourth-order valence-corrected chi connectivity index (χ4v) is 2.30. The van der Waals surface area contributed by atoms with Gasteiger partial charge in [-0.1, -0.05) is 13.8 Å². The minimum absolute atomic E-state index is 0.704. The van der Waals surface area contributed by atoms with Gasteiger partial charge in [0.1, 0.15) is 0 Å².